The Labute approximate surface area is 110 Å². The highest BCUT2D eigenvalue weighted by atomic mass is 32.1. The molecule has 2 heterocycles. The van der Waals surface area contributed by atoms with Gasteiger partial charge in [-0.15, -0.1) is 11.3 Å². The second-order valence-corrected chi connectivity index (χ2v) is 5.53. The number of benzene rings is 1. The maximum atomic E-state index is 6.11. The van der Waals surface area contributed by atoms with Crippen LogP contribution in [0.3, 0.4) is 0 Å². The molecule has 2 aromatic heterocycles. The Kier molecular flexibility index (Phi) is 2.41. The number of rotatable bonds is 1. The number of aryl methyl sites for hydroxylation is 3. The fourth-order valence-electron chi connectivity index (χ4n) is 2.14. The second kappa shape index (κ2) is 3.85. The smallest absolute Gasteiger partial charge is 0.153 e. The molecule has 3 nitrogen and oxygen atoms in total. The predicted molar refractivity (Wildman–Crippen MR) is 77.9 cm³/mol. The summed E-state index contributed by atoms with van der Waals surface area (Å²) in [6, 6.07) is 6.32. The van der Waals surface area contributed by atoms with Gasteiger partial charge >= 0.3 is 0 Å². The zero-order valence-electron chi connectivity index (χ0n) is 10.7. The van der Waals surface area contributed by atoms with E-state index in [1.165, 1.54) is 5.56 Å². The van der Waals surface area contributed by atoms with E-state index in [2.05, 4.69) is 35.1 Å². The molecule has 3 rings (SSSR count). The Balaban J connectivity index is 2.30. The van der Waals surface area contributed by atoms with Crippen LogP contribution in [-0.2, 0) is 7.05 Å². The molecule has 0 atom stereocenters. The van der Waals surface area contributed by atoms with Crippen molar-refractivity contribution in [3.63, 3.8) is 0 Å². The number of nitrogens with two attached hydrogens (primary N) is 1. The fourth-order valence-corrected chi connectivity index (χ4v) is 3.14. The van der Waals surface area contributed by atoms with Crippen molar-refractivity contribution in [1.82, 2.24) is 9.55 Å². The van der Waals surface area contributed by atoms with Crippen LogP contribution in [-0.4, -0.2) is 9.55 Å². The average molecular weight is 257 g/mol. The Bertz CT molecular complexity index is 737. The number of aromatic nitrogens is 2. The van der Waals surface area contributed by atoms with Gasteiger partial charge in [-0.3, -0.25) is 0 Å². The standard InChI is InChI=1S/C14H15N3S/c1-8-4-5-11-10(6-8)16-14(17(11)3)13-12(15)9(2)7-18-13/h4-7H,15H2,1-3H3. The summed E-state index contributed by atoms with van der Waals surface area (Å²) >= 11 is 1.65. The average Bonchev–Trinajstić information content (AvgIpc) is 2.82. The van der Waals surface area contributed by atoms with Crippen molar-refractivity contribution in [3.8, 4) is 10.7 Å². The number of imidazole rings is 1. The zero-order valence-corrected chi connectivity index (χ0v) is 11.5. The predicted octanol–water partition coefficient (Wildman–Crippen LogP) is 3.50. The molecular weight excluding hydrogens is 242 g/mol. The quantitative estimate of drug-likeness (QED) is 0.725. The second-order valence-electron chi connectivity index (χ2n) is 4.65. The van der Waals surface area contributed by atoms with Crippen LogP contribution in [0.25, 0.3) is 21.7 Å². The van der Waals surface area contributed by atoms with Gasteiger partial charge < -0.3 is 10.3 Å². The molecule has 0 aliphatic rings. The summed E-state index contributed by atoms with van der Waals surface area (Å²) in [5.41, 5.74) is 11.5. The van der Waals surface area contributed by atoms with Crippen LogP contribution < -0.4 is 5.73 Å². The normalized spacial score (nSPS) is 11.3. The molecule has 0 aliphatic carbocycles. The maximum absolute atomic E-state index is 6.11. The number of hydrogen-bond donors (Lipinski definition) is 1. The molecule has 0 spiro atoms. The van der Waals surface area contributed by atoms with Crippen molar-refractivity contribution in [2.45, 2.75) is 13.8 Å². The van der Waals surface area contributed by atoms with E-state index >= 15 is 0 Å². The third kappa shape index (κ3) is 1.53. The van der Waals surface area contributed by atoms with Crippen molar-refractivity contribution in [2.75, 3.05) is 5.73 Å². The molecule has 0 saturated carbocycles. The zero-order chi connectivity index (χ0) is 12.9. The number of anilines is 1. The van der Waals surface area contributed by atoms with Gasteiger partial charge in [0, 0.05) is 7.05 Å². The van der Waals surface area contributed by atoms with Crippen LogP contribution in [0, 0.1) is 13.8 Å². The van der Waals surface area contributed by atoms with Gasteiger partial charge in [0.2, 0.25) is 0 Å². The number of fused-ring (bicyclic) bond motifs is 1. The van der Waals surface area contributed by atoms with Crippen molar-refractivity contribution >= 4 is 28.1 Å². The minimum atomic E-state index is 0.843. The summed E-state index contributed by atoms with van der Waals surface area (Å²) in [7, 11) is 2.04. The Morgan fingerprint density at radius 2 is 2.06 bits per heavy atom. The van der Waals surface area contributed by atoms with E-state index in [0.29, 0.717) is 0 Å². The first-order valence-electron chi connectivity index (χ1n) is 5.85. The van der Waals surface area contributed by atoms with Crippen LogP contribution >= 0.6 is 11.3 Å². The van der Waals surface area contributed by atoms with E-state index in [0.717, 1.165) is 33.0 Å². The van der Waals surface area contributed by atoms with Gasteiger partial charge in [0.25, 0.3) is 0 Å². The van der Waals surface area contributed by atoms with Crippen LogP contribution in [0.1, 0.15) is 11.1 Å². The number of nitrogens with zero attached hydrogens (tertiary/aromatic N) is 2. The van der Waals surface area contributed by atoms with Crippen molar-refractivity contribution in [1.29, 1.82) is 0 Å². The van der Waals surface area contributed by atoms with Crippen LogP contribution in [0.15, 0.2) is 23.6 Å². The first-order chi connectivity index (χ1) is 8.58. The van der Waals surface area contributed by atoms with Gasteiger partial charge in [0.15, 0.2) is 5.82 Å². The fraction of sp³-hybridized carbons (Fsp3) is 0.214. The van der Waals surface area contributed by atoms with Crippen LogP contribution in [0.2, 0.25) is 0 Å². The number of hydrogen-bond acceptors (Lipinski definition) is 3. The first kappa shape index (κ1) is 11.3. The maximum Gasteiger partial charge on any atom is 0.153 e. The Morgan fingerprint density at radius 1 is 1.28 bits per heavy atom. The molecule has 0 unspecified atom stereocenters. The van der Waals surface area contributed by atoms with Crippen molar-refractivity contribution < 1.29 is 0 Å². The van der Waals surface area contributed by atoms with Crippen molar-refractivity contribution in [3.05, 3.63) is 34.7 Å². The summed E-state index contributed by atoms with van der Waals surface area (Å²) < 4.78 is 2.11. The van der Waals surface area contributed by atoms with E-state index in [9.17, 15) is 0 Å². The lowest BCUT2D eigenvalue weighted by Crippen LogP contribution is -1.94. The molecule has 3 aromatic rings. The summed E-state index contributed by atoms with van der Waals surface area (Å²) in [4.78, 5) is 5.77. The van der Waals surface area contributed by atoms with Crippen LogP contribution in [0.4, 0.5) is 5.69 Å². The molecule has 0 radical (unpaired) electrons. The molecule has 0 amide bonds. The van der Waals surface area contributed by atoms with Gasteiger partial charge in [-0.25, -0.2) is 4.98 Å². The highest BCUT2D eigenvalue weighted by molar-refractivity contribution is 7.14. The number of thiophene rings is 1. The molecule has 18 heavy (non-hydrogen) atoms. The molecule has 0 aliphatic heterocycles. The minimum absolute atomic E-state index is 0.843. The minimum Gasteiger partial charge on any atom is -0.397 e. The molecule has 92 valence electrons. The summed E-state index contributed by atoms with van der Waals surface area (Å²) in [6.07, 6.45) is 0. The lowest BCUT2D eigenvalue weighted by atomic mass is 10.2. The summed E-state index contributed by atoms with van der Waals surface area (Å²) in [5, 5.41) is 2.08. The lowest BCUT2D eigenvalue weighted by Gasteiger charge is -2.01. The van der Waals surface area contributed by atoms with Gasteiger partial charge in [-0.05, 0) is 42.5 Å². The van der Waals surface area contributed by atoms with Gasteiger partial charge in [-0.2, -0.15) is 0 Å². The van der Waals surface area contributed by atoms with Gasteiger partial charge in [-0.1, -0.05) is 6.07 Å². The third-order valence-corrected chi connectivity index (χ3v) is 4.37. The van der Waals surface area contributed by atoms with E-state index in [1.807, 2.05) is 14.0 Å². The van der Waals surface area contributed by atoms with Gasteiger partial charge in [0.05, 0.1) is 21.6 Å². The lowest BCUT2D eigenvalue weighted by molar-refractivity contribution is 0.963. The highest BCUT2D eigenvalue weighted by Crippen LogP contribution is 2.35. The topological polar surface area (TPSA) is 43.8 Å². The Morgan fingerprint density at radius 3 is 2.72 bits per heavy atom. The molecule has 0 fully saturated rings. The molecular formula is C14H15N3S. The highest BCUT2D eigenvalue weighted by Gasteiger charge is 2.15. The summed E-state index contributed by atoms with van der Waals surface area (Å²) in [5.74, 6) is 0.950. The first-order valence-corrected chi connectivity index (χ1v) is 6.73. The van der Waals surface area contributed by atoms with Gasteiger partial charge in [0.1, 0.15) is 0 Å². The molecule has 0 saturated heterocycles. The van der Waals surface area contributed by atoms with E-state index in [1.54, 1.807) is 11.3 Å². The summed E-state index contributed by atoms with van der Waals surface area (Å²) in [6.45, 7) is 4.11. The largest absolute Gasteiger partial charge is 0.397 e. The molecule has 1 aromatic carbocycles. The third-order valence-electron chi connectivity index (χ3n) is 3.26. The molecule has 4 heteroatoms. The van der Waals surface area contributed by atoms with E-state index in [4.69, 9.17) is 10.7 Å². The monoisotopic (exact) mass is 257 g/mol. The molecule has 2 N–H and O–H groups in total. The number of nitrogen functional groups attached to an aromatic ring is 1. The van der Waals surface area contributed by atoms with Crippen LogP contribution in [0.5, 0.6) is 0 Å². The van der Waals surface area contributed by atoms with Crippen molar-refractivity contribution in [2.24, 2.45) is 7.05 Å². The van der Waals surface area contributed by atoms with E-state index < -0.39 is 0 Å². The van der Waals surface area contributed by atoms with E-state index in [-0.39, 0.29) is 0 Å². The Hall–Kier alpha value is -1.81. The SMILES string of the molecule is Cc1ccc2c(c1)nc(-c1scc(C)c1N)n2C. The molecule has 0 bridgehead atoms.